The third-order valence-electron chi connectivity index (χ3n) is 3.43. The number of halogens is 2. The number of benzene rings is 1. The smallest absolute Gasteiger partial charge is 0.145 e. The van der Waals surface area contributed by atoms with Gasteiger partial charge in [-0.1, -0.05) is 11.6 Å². The highest BCUT2D eigenvalue weighted by Gasteiger charge is 2.22. The van der Waals surface area contributed by atoms with Gasteiger partial charge >= 0.3 is 0 Å². The van der Waals surface area contributed by atoms with Gasteiger partial charge in [0.2, 0.25) is 0 Å². The molecule has 0 saturated carbocycles. The molecule has 0 N–H and O–H groups in total. The van der Waals surface area contributed by atoms with E-state index >= 15 is 0 Å². The average Bonchev–Trinajstić information content (AvgIpc) is 2.33. The van der Waals surface area contributed by atoms with Gasteiger partial charge in [-0.25, -0.2) is 4.39 Å². The SMILES string of the molecule is COc1cc(F)c(Cl)cc1C1CCN(C)CC1. The largest absolute Gasteiger partial charge is 0.496 e. The van der Waals surface area contributed by atoms with Gasteiger partial charge in [0.05, 0.1) is 12.1 Å². The fraction of sp³-hybridized carbons (Fsp3) is 0.538. The van der Waals surface area contributed by atoms with Gasteiger partial charge in [0, 0.05) is 6.07 Å². The van der Waals surface area contributed by atoms with Crippen molar-refractivity contribution in [1.82, 2.24) is 4.90 Å². The summed E-state index contributed by atoms with van der Waals surface area (Å²) in [5.41, 5.74) is 1.03. The van der Waals surface area contributed by atoms with E-state index in [9.17, 15) is 4.39 Å². The first-order valence-electron chi connectivity index (χ1n) is 5.83. The zero-order chi connectivity index (χ0) is 12.4. The molecule has 1 heterocycles. The molecule has 0 radical (unpaired) electrons. The zero-order valence-corrected chi connectivity index (χ0v) is 10.9. The molecule has 0 spiro atoms. The fourth-order valence-electron chi connectivity index (χ4n) is 2.36. The molecular formula is C13H17ClFNO. The lowest BCUT2D eigenvalue weighted by Crippen LogP contribution is -2.29. The summed E-state index contributed by atoms with van der Waals surface area (Å²) in [6.45, 7) is 2.12. The molecule has 4 heteroatoms. The Morgan fingerprint density at radius 1 is 1.35 bits per heavy atom. The Bertz CT molecular complexity index is 403. The van der Waals surface area contributed by atoms with Crippen molar-refractivity contribution in [2.24, 2.45) is 0 Å². The fourth-order valence-corrected chi connectivity index (χ4v) is 2.53. The van der Waals surface area contributed by atoms with Crippen molar-refractivity contribution in [3.63, 3.8) is 0 Å². The molecule has 0 bridgehead atoms. The summed E-state index contributed by atoms with van der Waals surface area (Å²) in [4.78, 5) is 2.30. The highest BCUT2D eigenvalue weighted by Crippen LogP contribution is 2.36. The van der Waals surface area contributed by atoms with E-state index in [4.69, 9.17) is 16.3 Å². The van der Waals surface area contributed by atoms with E-state index in [1.54, 1.807) is 13.2 Å². The lowest BCUT2D eigenvalue weighted by Gasteiger charge is -2.30. The summed E-state index contributed by atoms with van der Waals surface area (Å²) in [5.74, 6) is 0.612. The third-order valence-corrected chi connectivity index (χ3v) is 3.72. The quantitative estimate of drug-likeness (QED) is 0.806. The predicted molar refractivity (Wildman–Crippen MR) is 67.4 cm³/mol. The lowest BCUT2D eigenvalue weighted by atomic mass is 9.89. The second kappa shape index (κ2) is 5.23. The molecule has 2 nitrogen and oxygen atoms in total. The van der Waals surface area contributed by atoms with Gasteiger partial charge in [-0.2, -0.15) is 0 Å². The number of ether oxygens (including phenoxy) is 1. The average molecular weight is 258 g/mol. The van der Waals surface area contributed by atoms with E-state index in [-0.39, 0.29) is 5.02 Å². The van der Waals surface area contributed by atoms with Crippen molar-refractivity contribution in [3.05, 3.63) is 28.5 Å². The molecule has 17 heavy (non-hydrogen) atoms. The van der Waals surface area contributed by atoms with E-state index in [1.165, 1.54) is 6.07 Å². The van der Waals surface area contributed by atoms with Gasteiger partial charge in [-0.15, -0.1) is 0 Å². The number of rotatable bonds is 2. The van der Waals surface area contributed by atoms with Gasteiger partial charge in [0.1, 0.15) is 11.6 Å². The van der Waals surface area contributed by atoms with Crippen LogP contribution in [0.1, 0.15) is 24.3 Å². The number of methoxy groups -OCH3 is 1. The van der Waals surface area contributed by atoms with Crippen LogP contribution < -0.4 is 4.74 Å². The predicted octanol–water partition coefficient (Wildman–Crippen LogP) is 3.30. The second-order valence-electron chi connectivity index (χ2n) is 4.59. The van der Waals surface area contributed by atoms with Crippen molar-refractivity contribution in [2.75, 3.05) is 27.2 Å². The molecule has 94 valence electrons. The summed E-state index contributed by atoms with van der Waals surface area (Å²) < 4.78 is 18.6. The minimum Gasteiger partial charge on any atom is -0.496 e. The van der Waals surface area contributed by atoms with E-state index in [0.29, 0.717) is 11.7 Å². The summed E-state index contributed by atoms with van der Waals surface area (Å²) in [6.07, 6.45) is 2.13. The Kier molecular flexibility index (Phi) is 3.89. The van der Waals surface area contributed by atoms with Crippen LogP contribution in [-0.4, -0.2) is 32.1 Å². The number of hydrogen-bond donors (Lipinski definition) is 0. The van der Waals surface area contributed by atoms with Crippen LogP contribution in [0, 0.1) is 5.82 Å². The maximum atomic E-state index is 13.4. The van der Waals surface area contributed by atoms with Crippen LogP contribution in [0.3, 0.4) is 0 Å². The summed E-state index contributed by atoms with van der Waals surface area (Å²) >= 11 is 5.85. The van der Waals surface area contributed by atoms with Crippen LogP contribution in [0.5, 0.6) is 5.75 Å². The number of likely N-dealkylation sites (tertiary alicyclic amines) is 1. The van der Waals surface area contributed by atoms with Crippen molar-refractivity contribution in [1.29, 1.82) is 0 Å². The topological polar surface area (TPSA) is 12.5 Å². The van der Waals surface area contributed by atoms with Crippen molar-refractivity contribution < 1.29 is 9.13 Å². The molecule has 0 aromatic heterocycles. The summed E-state index contributed by atoms with van der Waals surface area (Å²) in [7, 11) is 3.69. The first-order chi connectivity index (χ1) is 8.11. The Morgan fingerprint density at radius 3 is 2.59 bits per heavy atom. The van der Waals surface area contributed by atoms with E-state index < -0.39 is 5.82 Å². The number of piperidine rings is 1. The molecule has 1 fully saturated rings. The standard InChI is InChI=1S/C13H17ClFNO/c1-16-5-3-9(4-6-16)10-7-11(14)12(15)8-13(10)17-2/h7-9H,3-6H2,1-2H3. The molecule has 2 rings (SSSR count). The number of hydrogen-bond acceptors (Lipinski definition) is 2. The van der Waals surface area contributed by atoms with Gasteiger partial charge in [0.15, 0.2) is 0 Å². The minimum atomic E-state index is -0.416. The Hall–Kier alpha value is -0.800. The van der Waals surface area contributed by atoms with Crippen molar-refractivity contribution >= 4 is 11.6 Å². The second-order valence-corrected chi connectivity index (χ2v) is 4.99. The first kappa shape index (κ1) is 12.7. The molecule has 1 aliphatic rings. The van der Waals surface area contributed by atoms with Crippen LogP contribution in [0.4, 0.5) is 4.39 Å². The van der Waals surface area contributed by atoms with Crippen LogP contribution >= 0.6 is 11.6 Å². The Labute approximate surface area is 106 Å². The maximum Gasteiger partial charge on any atom is 0.145 e. The van der Waals surface area contributed by atoms with Crippen LogP contribution in [0.15, 0.2) is 12.1 Å². The van der Waals surface area contributed by atoms with Crippen molar-refractivity contribution in [2.45, 2.75) is 18.8 Å². The van der Waals surface area contributed by atoms with Crippen molar-refractivity contribution in [3.8, 4) is 5.75 Å². The Morgan fingerprint density at radius 2 is 2.00 bits per heavy atom. The zero-order valence-electron chi connectivity index (χ0n) is 10.2. The molecule has 1 aromatic carbocycles. The van der Waals surface area contributed by atoms with Crippen LogP contribution in [-0.2, 0) is 0 Å². The van der Waals surface area contributed by atoms with E-state index in [1.807, 2.05) is 0 Å². The molecule has 0 amide bonds. The minimum absolute atomic E-state index is 0.180. The van der Waals surface area contributed by atoms with Crippen LogP contribution in [0.2, 0.25) is 5.02 Å². The monoisotopic (exact) mass is 257 g/mol. The summed E-state index contributed by atoms with van der Waals surface area (Å²) in [6, 6.07) is 3.10. The van der Waals surface area contributed by atoms with E-state index in [0.717, 1.165) is 31.5 Å². The molecule has 1 aromatic rings. The van der Waals surface area contributed by atoms with Gasteiger partial charge in [-0.05, 0) is 50.5 Å². The first-order valence-corrected chi connectivity index (χ1v) is 6.21. The number of nitrogens with zero attached hydrogens (tertiary/aromatic N) is 1. The molecule has 1 saturated heterocycles. The normalized spacial score (nSPS) is 18.4. The molecule has 0 aliphatic carbocycles. The molecule has 0 unspecified atom stereocenters. The molecular weight excluding hydrogens is 241 g/mol. The third kappa shape index (κ3) is 2.72. The highest BCUT2D eigenvalue weighted by atomic mass is 35.5. The highest BCUT2D eigenvalue weighted by molar-refractivity contribution is 6.30. The van der Waals surface area contributed by atoms with Gasteiger partial charge < -0.3 is 9.64 Å². The lowest BCUT2D eigenvalue weighted by molar-refractivity contribution is 0.252. The maximum absolute atomic E-state index is 13.4. The molecule has 0 atom stereocenters. The summed E-state index contributed by atoms with van der Waals surface area (Å²) in [5, 5.41) is 0.180. The molecule has 1 aliphatic heterocycles. The Balaban J connectivity index is 2.27. The van der Waals surface area contributed by atoms with Crippen LogP contribution in [0.25, 0.3) is 0 Å². The van der Waals surface area contributed by atoms with E-state index in [2.05, 4.69) is 11.9 Å². The van der Waals surface area contributed by atoms with Gasteiger partial charge in [-0.3, -0.25) is 0 Å². The van der Waals surface area contributed by atoms with Gasteiger partial charge in [0.25, 0.3) is 0 Å².